The van der Waals surface area contributed by atoms with Crippen molar-refractivity contribution >= 4 is 11.8 Å². The van der Waals surface area contributed by atoms with Gasteiger partial charge in [0.15, 0.2) is 0 Å². The molecule has 0 saturated heterocycles. The lowest BCUT2D eigenvalue weighted by Gasteiger charge is -2.24. The summed E-state index contributed by atoms with van der Waals surface area (Å²) < 4.78 is 0.351. The highest BCUT2D eigenvalue weighted by Crippen LogP contribution is 2.23. The fourth-order valence-electron chi connectivity index (χ4n) is 1.39. The van der Waals surface area contributed by atoms with Crippen molar-refractivity contribution in [1.29, 1.82) is 0 Å². The predicted molar refractivity (Wildman–Crippen MR) is 70.6 cm³/mol. The van der Waals surface area contributed by atoms with Crippen LogP contribution in [0.15, 0.2) is 0 Å². The number of thioether (sulfide) groups is 1. The third-order valence-corrected chi connectivity index (χ3v) is 3.66. The average molecular weight is 233 g/mol. The Hall–Kier alpha value is 0.270. The topological polar surface area (TPSA) is 32.3 Å². The zero-order chi connectivity index (χ0) is 11.9. The summed E-state index contributed by atoms with van der Waals surface area (Å²) in [6, 6.07) is 1.05. The first-order valence-corrected chi connectivity index (χ1v) is 6.84. The molecule has 0 rings (SSSR count). The van der Waals surface area contributed by atoms with Gasteiger partial charge in [0.05, 0.1) is 0 Å². The molecule has 0 bridgehead atoms. The monoisotopic (exact) mass is 233 g/mol. The highest BCUT2D eigenvalue weighted by atomic mass is 32.2. The molecule has 0 aliphatic carbocycles. The molecule has 0 aromatic heterocycles. The Balaban J connectivity index is 3.59. The van der Waals surface area contributed by atoms with Crippen molar-refractivity contribution in [2.24, 2.45) is 0 Å². The van der Waals surface area contributed by atoms with Gasteiger partial charge in [-0.3, -0.25) is 0 Å². The van der Waals surface area contributed by atoms with E-state index in [1.54, 1.807) is 0 Å². The quantitative estimate of drug-likeness (QED) is 0.709. The van der Waals surface area contributed by atoms with Crippen LogP contribution in [0.3, 0.4) is 0 Å². The van der Waals surface area contributed by atoms with Gasteiger partial charge < -0.3 is 10.4 Å². The van der Waals surface area contributed by atoms with Crippen LogP contribution in [-0.2, 0) is 0 Å². The Bertz CT molecular complexity index is 156. The van der Waals surface area contributed by atoms with Crippen molar-refractivity contribution in [3.8, 4) is 0 Å². The Kier molecular flexibility index (Phi) is 7.66. The molecule has 0 radical (unpaired) electrons. The van der Waals surface area contributed by atoms with E-state index in [1.807, 2.05) is 11.8 Å². The summed E-state index contributed by atoms with van der Waals surface area (Å²) in [5.74, 6) is 1.15. The van der Waals surface area contributed by atoms with Gasteiger partial charge in [-0.25, -0.2) is 0 Å². The van der Waals surface area contributed by atoms with E-state index < -0.39 is 0 Å². The van der Waals surface area contributed by atoms with Gasteiger partial charge in [-0.2, -0.15) is 11.8 Å². The highest BCUT2D eigenvalue weighted by Gasteiger charge is 2.13. The first kappa shape index (κ1) is 15.3. The molecule has 0 saturated carbocycles. The minimum atomic E-state index is 0.303. The van der Waals surface area contributed by atoms with Crippen LogP contribution in [0.1, 0.15) is 47.5 Å². The molecule has 0 aliphatic rings. The lowest BCUT2D eigenvalue weighted by atomic mass is 10.2. The first-order valence-electron chi connectivity index (χ1n) is 5.86. The molecule has 0 amide bonds. The molecule has 2 atom stereocenters. The molecular formula is C12H27NOS. The maximum absolute atomic E-state index is 8.73. The molecular weight excluding hydrogens is 206 g/mol. The van der Waals surface area contributed by atoms with Crippen LogP contribution in [0.5, 0.6) is 0 Å². The summed E-state index contributed by atoms with van der Waals surface area (Å²) in [6.07, 6.45) is 1.95. The minimum absolute atomic E-state index is 0.303. The Morgan fingerprint density at radius 1 is 1.20 bits per heavy atom. The van der Waals surface area contributed by atoms with E-state index in [1.165, 1.54) is 0 Å². The minimum Gasteiger partial charge on any atom is -0.396 e. The maximum atomic E-state index is 8.73. The molecule has 2 N–H and O–H groups in total. The molecule has 3 heteroatoms. The van der Waals surface area contributed by atoms with Crippen LogP contribution in [0.2, 0.25) is 0 Å². The summed E-state index contributed by atoms with van der Waals surface area (Å²) in [7, 11) is 0. The van der Waals surface area contributed by atoms with E-state index in [9.17, 15) is 0 Å². The van der Waals surface area contributed by atoms with Crippen LogP contribution < -0.4 is 5.32 Å². The van der Waals surface area contributed by atoms with Crippen LogP contribution in [0.4, 0.5) is 0 Å². The Morgan fingerprint density at radius 2 is 1.80 bits per heavy atom. The summed E-state index contributed by atoms with van der Waals surface area (Å²) >= 11 is 2.00. The van der Waals surface area contributed by atoms with Crippen molar-refractivity contribution in [3.05, 3.63) is 0 Å². The smallest absolute Gasteiger partial charge is 0.0431 e. The second-order valence-electron chi connectivity index (χ2n) is 5.26. The van der Waals surface area contributed by atoms with Gasteiger partial charge in [-0.05, 0) is 26.7 Å². The molecule has 15 heavy (non-hydrogen) atoms. The standard InChI is InChI=1S/C12H27NOS/c1-10(7-6-8-14)13-11(2)9-15-12(3,4)5/h10-11,13-14H,6-9H2,1-5H3. The van der Waals surface area contributed by atoms with Gasteiger partial charge in [-0.1, -0.05) is 20.8 Å². The predicted octanol–water partition coefficient (Wildman–Crippen LogP) is 2.66. The number of hydrogen-bond donors (Lipinski definition) is 2. The van der Waals surface area contributed by atoms with Crippen molar-refractivity contribution in [2.75, 3.05) is 12.4 Å². The summed E-state index contributed by atoms with van der Waals surface area (Å²) in [6.45, 7) is 11.5. The SMILES string of the molecule is CC(CCCO)NC(C)CSC(C)(C)C. The fraction of sp³-hybridized carbons (Fsp3) is 1.00. The number of rotatable bonds is 7. The molecule has 2 nitrogen and oxygen atoms in total. The van der Waals surface area contributed by atoms with E-state index in [2.05, 4.69) is 39.9 Å². The van der Waals surface area contributed by atoms with E-state index in [-0.39, 0.29) is 0 Å². The zero-order valence-corrected chi connectivity index (χ0v) is 11.7. The van der Waals surface area contributed by atoms with Crippen LogP contribution in [0.25, 0.3) is 0 Å². The molecule has 0 aromatic carbocycles. The molecule has 0 aliphatic heterocycles. The number of nitrogens with one attached hydrogen (secondary N) is 1. The average Bonchev–Trinajstić information content (AvgIpc) is 2.10. The maximum Gasteiger partial charge on any atom is 0.0431 e. The highest BCUT2D eigenvalue weighted by molar-refractivity contribution is 8.00. The van der Waals surface area contributed by atoms with Gasteiger partial charge >= 0.3 is 0 Å². The number of aliphatic hydroxyl groups excluding tert-OH is 1. The molecule has 0 fully saturated rings. The lowest BCUT2D eigenvalue weighted by Crippen LogP contribution is -2.36. The summed E-state index contributed by atoms with van der Waals surface area (Å²) in [5, 5.41) is 12.3. The Labute approximate surface area is 99.2 Å². The van der Waals surface area contributed by atoms with E-state index >= 15 is 0 Å². The summed E-state index contributed by atoms with van der Waals surface area (Å²) in [5.41, 5.74) is 0. The first-order chi connectivity index (χ1) is 6.85. The zero-order valence-electron chi connectivity index (χ0n) is 10.8. The third-order valence-electron chi connectivity index (χ3n) is 2.13. The van der Waals surface area contributed by atoms with E-state index in [0.717, 1.165) is 18.6 Å². The van der Waals surface area contributed by atoms with Crippen LogP contribution in [-0.4, -0.2) is 34.3 Å². The summed E-state index contributed by atoms with van der Waals surface area (Å²) in [4.78, 5) is 0. The van der Waals surface area contributed by atoms with Crippen LogP contribution in [0, 0.1) is 0 Å². The lowest BCUT2D eigenvalue weighted by molar-refractivity contribution is 0.275. The van der Waals surface area contributed by atoms with Crippen molar-refractivity contribution < 1.29 is 5.11 Å². The molecule has 0 aromatic rings. The molecule has 2 unspecified atom stereocenters. The fourth-order valence-corrected chi connectivity index (χ4v) is 2.24. The van der Waals surface area contributed by atoms with Crippen LogP contribution >= 0.6 is 11.8 Å². The van der Waals surface area contributed by atoms with Gasteiger partial charge in [0.2, 0.25) is 0 Å². The number of aliphatic hydroxyl groups is 1. The molecule has 0 heterocycles. The van der Waals surface area contributed by atoms with Crippen molar-refractivity contribution in [3.63, 3.8) is 0 Å². The van der Waals surface area contributed by atoms with Gasteiger partial charge in [0, 0.05) is 29.2 Å². The van der Waals surface area contributed by atoms with Gasteiger partial charge in [0.25, 0.3) is 0 Å². The van der Waals surface area contributed by atoms with E-state index in [4.69, 9.17) is 5.11 Å². The second kappa shape index (κ2) is 7.53. The van der Waals surface area contributed by atoms with Crippen molar-refractivity contribution in [1.82, 2.24) is 5.32 Å². The van der Waals surface area contributed by atoms with Gasteiger partial charge in [0.1, 0.15) is 0 Å². The van der Waals surface area contributed by atoms with Gasteiger partial charge in [-0.15, -0.1) is 0 Å². The third kappa shape index (κ3) is 10.6. The normalized spacial score (nSPS) is 16.4. The molecule has 0 spiro atoms. The second-order valence-corrected chi connectivity index (χ2v) is 7.10. The molecule has 92 valence electrons. The largest absolute Gasteiger partial charge is 0.396 e. The number of hydrogen-bond acceptors (Lipinski definition) is 3. The van der Waals surface area contributed by atoms with Crippen molar-refractivity contribution in [2.45, 2.75) is 64.3 Å². The van der Waals surface area contributed by atoms with E-state index in [0.29, 0.717) is 23.4 Å². The Morgan fingerprint density at radius 3 is 2.27 bits per heavy atom.